The molecule has 0 bridgehead atoms. The normalized spacial score (nSPS) is 22.8. The molecule has 3 heteroatoms. The number of nitrogens with two attached hydrogens (primary N) is 1. The fourth-order valence-electron chi connectivity index (χ4n) is 2.07. The minimum atomic E-state index is 0.567. The van der Waals surface area contributed by atoms with E-state index in [2.05, 4.69) is 16.0 Å². The summed E-state index contributed by atoms with van der Waals surface area (Å²) in [6, 6.07) is 6.63. The highest BCUT2D eigenvalue weighted by Crippen LogP contribution is 2.17. The molecule has 0 radical (unpaired) electrons. The molecule has 1 atom stereocenters. The zero-order valence-corrected chi connectivity index (χ0v) is 8.39. The molecular weight excluding hydrogens is 174 g/mol. The highest BCUT2D eigenvalue weighted by Gasteiger charge is 2.22. The van der Waals surface area contributed by atoms with Crippen LogP contribution in [0.1, 0.15) is 18.5 Å². The summed E-state index contributed by atoms with van der Waals surface area (Å²) in [7, 11) is 0. The van der Waals surface area contributed by atoms with Gasteiger partial charge in [0.15, 0.2) is 0 Å². The summed E-state index contributed by atoms with van der Waals surface area (Å²) in [5.74, 6) is 0. The van der Waals surface area contributed by atoms with Crippen molar-refractivity contribution >= 4 is 0 Å². The van der Waals surface area contributed by atoms with E-state index in [1.54, 1.807) is 0 Å². The molecule has 14 heavy (non-hydrogen) atoms. The molecule has 1 aromatic heterocycles. The van der Waals surface area contributed by atoms with Gasteiger partial charge in [0.25, 0.3) is 0 Å². The fourth-order valence-corrected chi connectivity index (χ4v) is 2.07. The molecular formula is C11H17N3. The van der Waals surface area contributed by atoms with Gasteiger partial charge in [0.1, 0.15) is 0 Å². The second-order valence-corrected chi connectivity index (χ2v) is 3.82. The Balaban J connectivity index is 1.97. The van der Waals surface area contributed by atoms with Crippen LogP contribution in [0.25, 0.3) is 0 Å². The zero-order valence-electron chi connectivity index (χ0n) is 8.39. The Morgan fingerprint density at radius 3 is 3.14 bits per heavy atom. The Kier molecular flexibility index (Phi) is 3.11. The third kappa shape index (κ3) is 2.11. The summed E-state index contributed by atoms with van der Waals surface area (Å²) in [6.07, 6.45) is 4.36. The molecule has 1 aliphatic heterocycles. The molecule has 0 unspecified atom stereocenters. The summed E-state index contributed by atoms with van der Waals surface area (Å²) >= 11 is 0. The minimum Gasteiger partial charge on any atom is -0.329 e. The predicted molar refractivity (Wildman–Crippen MR) is 56.7 cm³/mol. The van der Waals surface area contributed by atoms with Crippen LogP contribution in [0.15, 0.2) is 24.4 Å². The standard InChI is InChI=1S/C11H17N3/c12-8-11-5-3-7-14(11)9-10-4-1-2-6-13-10/h1-2,4,6,11H,3,5,7-9,12H2/t11-/m0/s1. The number of hydrogen-bond donors (Lipinski definition) is 1. The average molecular weight is 191 g/mol. The van der Waals surface area contributed by atoms with Crippen LogP contribution in [0.2, 0.25) is 0 Å². The van der Waals surface area contributed by atoms with Crippen LogP contribution >= 0.6 is 0 Å². The van der Waals surface area contributed by atoms with Gasteiger partial charge in [0.05, 0.1) is 5.69 Å². The second kappa shape index (κ2) is 4.53. The Labute approximate surface area is 84.9 Å². The quantitative estimate of drug-likeness (QED) is 0.775. The lowest BCUT2D eigenvalue weighted by Crippen LogP contribution is -2.35. The zero-order chi connectivity index (χ0) is 9.80. The molecule has 0 saturated carbocycles. The molecule has 0 amide bonds. The Morgan fingerprint density at radius 2 is 2.43 bits per heavy atom. The number of pyridine rings is 1. The molecule has 2 heterocycles. The summed E-state index contributed by atoms with van der Waals surface area (Å²) in [5, 5.41) is 0. The maximum atomic E-state index is 5.72. The number of likely N-dealkylation sites (tertiary alicyclic amines) is 1. The van der Waals surface area contributed by atoms with Gasteiger partial charge in [-0.25, -0.2) is 0 Å². The van der Waals surface area contributed by atoms with Crippen molar-refractivity contribution in [2.45, 2.75) is 25.4 Å². The van der Waals surface area contributed by atoms with Gasteiger partial charge in [-0.05, 0) is 31.5 Å². The van der Waals surface area contributed by atoms with E-state index in [1.165, 1.54) is 19.4 Å². The van der Waals surface area contributed by atoms with E-state index in [9.17, 15) is 0 Å². The summed E-state index contributed by atoms with van der Waals surface area (Å²) < 4.78 is 0. The molecule has 0 aromatic carbocycles. The van der Waals surface area contributed by atoms with Crippen LogP contribution < -0.4 is 5.73 Å². The first-order chi connectivity index (χ1) is 6.90. The van der Waals surface area contributed by atoms with E-state index in [4.69, 9.17) is 5.73 Å². The molecule has 0 aliphatic carbocycles. The van der Waals surface area contributed by atoms with Crippen molar-refractivity contribution in [1.82, 2.24) is 9.88 Å². The van der Waals surface area contributed by atoms with E-state index >= 15 is 0 Å². The minimum absolute atomic E-state index is 0.567. The van der Waals surface area contributed by atoms with Crippen LogP contribution in [-0.2, 0) is 6.54 Å². The van der Waals surface area contributed by atoms with Gasteiger partial charge in [-0.1, -0.05) is 6.07 Å². The lowest BCUT2D eigenvalue weighted by Gasteiger charge is -2.22. The molecule has 76 valence electrons. The van der Waals surface area contributed by atoms with Gasteiger partial charge in [0, 0.05) is 25.3 Å². The van der Waals surface area contributed by atoms with E-state index in [1.807, 2.05) is 18.3 Å². The first kappa shape index (κ1) is 9.62. The van der Waals surface area contributed by atoms with Gasteiger partial charge >= 0.3 is 0 Å². The Morgan fingerprint density at radius 1 is 1.50 bits per heavy atom. The van der Waals surface area contributed by atoms with E-state index in [-0.39, 0.29) is 0 Å². The fraction of sp³-hybridized carbons (Fsp3) is 0.545. The third-order valence-electron chi connectivity index (χ3n) is 2.86. The number of rotatable bonds is 3. The molecule has 3 nitrogen and oxygen atoms in total. The summed E-state index contributed by atoms with van der Waals surface area (Å²) in [6.45, 7) is 2.88. The van der Waals surface area contributed by atoms with E-state index in [0.29, 0.717) is 6.04 Å². The molecule has 2 N–H and O–H groups in total. The topological polar surface area (TPSA) is 42.1 Å². The predicted octanol–water partition coefficient (Wildman–Crippen LogP) is 1.00. The first-order valence-corrected chi connectivity index (χ1v) is 5.24. The van der Waals surface area contributed by atoms with Gasteiger partial charge in [-0.15, -0.1) is 0 Å². The monoisotopic (exact) mass is 191 g/mol. The van der Waals surface area contributed by atoms with Crippen LogP contribution in [0, 0.1) is 0 Å². The van der Waals surface area contributed by atoms with Crippen molar-refractivity contribution in [1.29, 1.82) is 0 Å². The highest BCUT2D eigenvalue weighted by atomic mass is 15.2. The molecule has 1 saturated heterocycles. The van der Waals surface area contributed by atoms with E-state index in [0.717, 1.165) is 18.8 Å². The lowest BCUT2D eigenvalue weighted by atomic mass is 10.2. The van der Waals surface area contributed by atoms with Gasteiger partial charge in [0.2, 0.25) is 0 Å². The number of aromatic nitrogens is 1. The van der Waals surface area contributed by atoms with Crippen LogP contribution in [0.3, 0.4) is 0 Å². The maximum Gasteiger partial charge on any atom is 0.0544 e. The second-order valence-electron chi connectivity index (χ2n) is 3.82. The summed E-state index contributed by atoms with van der Waals surface area (Å²) in [5.41, 5.74) is 6.86. The van der Waals surface area contributed by atoms with Crippen molar-refractivity contribution in [3.05, 3.63) is 30.1 Å². The molecule has 1 fully saturated rings. The molecule has 1 aliphatic rings. The van der Waals surface area contributed by atoms with Gasteiger partial charge in [-0.3, -0.25) is 9.88 Å². The SMILES string of the molecule is NC[C@@H]1CCCN1Cc1ccccn1. The van der Waals surface area contributed by atoms with Crippen LogP contribution in [-0.4, -0.2) is 29.0 Å². The van der Waals surface area contributed by atoms with Gasteiger partial charge in [-0.2, -0.15) is 0 Å². The smallest absolute Gasteiger partial charge is 0.0544 e. The largest absolute Gasteiger partial charge is 0.329 e. The third-order valence-corrected chi connectivity index (χ3v) is 2.86. The van der Waals surface area contributed by atoms with Crippen LogP contribution in [0.4, 0.5) is 0 Å². The molecule has 0 spiro atoms. The Bertz CT molecular complexity index is 273. The molecule has 1 aromatic rings. The Hall–Kier alpha value is -0.930. The van der Waals surface area contributed by atoms with Gasteiger partial charge < -0.3 is 5.73 Å². The number of nitrogens with zero attached hydrogens (tertiary/aromatic N) is 2. The van der Waals surface area contributed by atoms with Crippen molar-refractivity contribution in [2.24, 2.45) is 5.73 Å². The summed E-state index contributed by atoms with van der Waals surface area (Å²) in [4.78, 5) is 6.76. The average Bonchev–Trinajstić information content (AvgIpc) is 2.67. The van der Waals surface area contributed by atoms with Crippen molar-refractivity contribution < 1.29 is 0 Å². The lowest BCUT2D eigenvalue weighted by molar-refractivity contribution is 0.247. The van der Waals surface area contributed by atoms with Crippen molar-refractivity contribution in [3.63, 3.8) is 0 Å². The molecule has 2 rings (SSSR count). The highest BCUT2D eigenvalue weighted by molar-refractivity contribution is 5.04. The maximum absolute atomic E-state index is 5.72. The van der Waals surface area contributed by atoms with E-state index < -0.39 is 0 Å². The van der Waals surface area contributed by atoms with Crippen molar-refractivity contribution in [3.8, 4) is 0 Å². The van der Waals surface area contributed by atoms with Crippen molar-refractivity contribution in [2.75, 3.05) is 13.1 Å². The first-order valence-electron chi connectivity index (χ1n) is 5.24. The van der Waals surface area contributed by atoms with Crippen LogP contribution in [0.5, 0.6) is 0 Å². The number of hydrogen-bond acceptors (Lipinski definition) is 3.